The van der Waals surface area contributed by atoms with Crippen molar-refractivity contribution in [3.8, 4) is 11.5 Å². The molecule has 1 saturated carbocycles. The lowest BCUT2D eigenvalue weighted by Gasteiger charge is -2.44. The highest BCUT2D eigenvalue weighted by atomic mass is 32.2. The molecule has 2 fully saturated rings. The van der Waals surface area contributed by atoms with Crippen molar-refractivity contribution < 1.29 is 19.1 Å². The summed E-state index contributed by atoms with van der Waals surface area (Å²) in [5.74, 6) is 1.41. The third kappa shape index (κ3) is 6.01. The van der Waals surface area contributed by atoms with Crippen LogP contribution >= 0.6 is 11.8 Å². The van der Waals surface area contributed by atoms with Gasteiger partial charge in [-0.25, -0.2) is 0 Å². The fraction of sp³-hybridized carbons (Fsp3) is 0.429. The average Bonchev–Trinajstić information content (AvgIpc) is 2.88. The number of fused-ring (bicyclic) bond motifs is 1. The van der Waals surface area contributed by atoms with Gasteiger partial charge in [0.25, 0.3) is 5.91 Å². The number of rotatable bonds is 8. The van der Waals surface area contributed by atoms with Crippen molar-refractivity contribution in [2.45, 2.75) is 43.9 Å². The summed E-state index contributed by atoms with van der Waals surface area (Å²) < 4.78 is 11.1. The monoisotopic (exact) mass is 494 g/mol. The van der Waals surface area contributed by atoms with E-state index in [0.717, 1.165) is 29.7 Å². The van der Waals surface area contributed by atoms with Crippen molar-refractivity contribution in [1.82, 2.24) is 10.2 Å². The van der Waals surface area contributed by atoms with Crippen LogP contribution in [-0.2, 0) is 16.0 Å². The van der Waals surface area contributed by atoms with E-state index in [2.05, 4.69) is 17.4 Å². The predicted molar refractivity (Wildman–Crippen MR) is 141 cm³/mol. The molecule has 2 aliphatic rings. The minimum absolute atomic E-state index is 0.00855. The summed E-state index contributed by atoms with van der Waals surface area (Å²) in [4.78, 5) is 28.6. The normalized spacial score (nSPS) is 23.1. The van der Waals surface area contributed by atoms with Gasteiger partial charge in [-0.15, -0.1) is 11.8 Å². The summed E-state index contributed by atoms with van der Waals surface area (Å²) in [6.45, 7) is 3.13. The smallest absolute Gasteiger partial charge is 0.260 e. The lowest BCUT2D eigenvalue weighted by molar-refractivity contribution is -0.131. The zero-order chi connectivity index (χ0) is 24.8. The Bertz CT molecular complexity index is 1070. The third-order valence-corrected chi connectivity index (χ3v) is 8.17. The summed E-state index contributed by atoms with van der Waals surface area (Å²) in [5.41, 5.74) is 2.12. The molecule has 1 heterocycles. The molecule has 1 aliphatic heterocycles. The molecule has 3 unspecified atom stereocenters. The van der Waals surface area contributed by atoms with Gasteiger partial charge in [-0.05, 0) is 61.9 Å². The number of methoxy groups -OCH3 is 1. The largest absolute Gasteiger partial charge is 0.493 e. The molecule has 0 aromatic heterocycles. The van der Waals surface area contributed by atoms with E-state index in [1.54, 1.807) is 18.9 Å². The van der Waals surface area contributed by atoms with Crippen molar-refractivity contribution in [3.05, 3.63) is 64.6 Å². The number of nitrogens with one attached hydrogen (secondary N) is 1. The maximum Gasteiger partial charge on any atom is 0.260 e. The van der Waals surface area contributed by atoms with Crippen LogP contribution in [0.4, 0.5) is 0 Å². The highest BCUT2D eigenvalue weighted by Gasteiger charge is 2.42. The highest BCUT2D eigenvalue weighted by Crippen LogP contribution is 2.43. The molecule has 0 radical (unpaired) electrons. The second kappa shape index (κ2) is 11.7. The topological polar surface area (TPSA) is 67.9 Å². The van der Waals surface area contributed by atoms with Gasteiger partial charge < -0.3 is 19.7 Å². The van der Waals surface area contributed by atoms with Crippen LogP contribution in [0.1, 0.15) is 37.3 Å². The molecular formula is C28H34N2O4S. The molecule has 35 heavy (non-hydrogen) atoms. The van der Waals surface area contributed by atoms with E-state index < -0.39 is 0 Å². The van der Waals surface area contributed by atoms with Crippen LogP contribution in [0.2, 0.25) is 0 Å². The highest BCUT2D eigenvalue weighted by molar-refractivity contribution is 8.04. The lowest BCUT2D eigenvalue weighted by atomic mass is 9.83. The van der Waals surface area contributed by atoms with Crippen LogP contribution in [0.25, 0.3) is 6.08 Å². The van der Waals surface area contributed by atoms with E-state index in [4.69, 9.17) is 9.47 Å². The maximum atomic E-state index is 13.2. The number of amides is 2. The number of carbonyl (C=O) groups excluding carboxylic acids is 2. The second-order valence-electron chi connectivity index (χ2n) is 9.03. The van der Waals surface area contributed by atoms with Gasteiger partial charge in [0, 0.05) is 30.8 Å². The van der Waals surface area contributed by atoms with Crippen LogP contribution in [0, 0.1) is 5.92 Å². The fourth-order valence-electron chi connectivity index (χ4n) is 4.85. The van der Waals surface area contributed by atoms with Gasteiger partial charge >= 0.3 is 0 Å². The van der Waals surface area contributed by atoms with E-state index in [0.29, 0.717) is 36.3 Å². The Morgan fingerprint density at radius 3 is 2.71 bits per heavy atom. The zero-order valence-electron chi connectivity index (χ0n) is 20.7. The number of hydrogen-bond donors (Lipinski definition) is 1. The molecule has 6 nitrogen and oxygen atoms in total. The van der Waals surface area contributed by atoms with E-state index >= 15 is 0 Å². The van der Waals surface area contributed by atoms with Crippen molar-refractivity contribution >= 4 is 29.7 Å². The summed E-state index contributed by atoms with van der Waals surface area (Å²) in [5, 5.41) is 3.40. The molecule has 1 N–H and O–H groups in total. The first-order valence-corrected chi connectivity index (χ1v) is 13.2. The van der Waals surface area contributed by atoms with Crippen LogP contribution < -0.4 is 14.8 Å². The Morgan fingerprint density at radius 2 is 1.97 bits per heavy atom. The first-order valence-electron chi connectivity index (χ1n) is 12.3. The van der Waals surface area contributed by atoms with Crippen LogP contribution in [0.3, 0.4) is 0 Å². The number of ether oxygens (including phenoxy) is 2. The standard InChI is InChI=1S/C28H34N2O4S/c1-4-34-23-12-10-20(16-24(23)33-3)17-26-28(32)30(2)22-18-21(11-13-25(22)35-26)27(31)29-15-14-19-8-6-5-7-9-19/h5-10,12,16-17,21-22,25H,4,11,13-15,18H2,1-3H3,(H,29,31)/b26-17+. The van der Waals surface area contributed by atoms with Gasteiger partial charge in [-0.3, -0.25) is 9.59 Å². The number of carbonyl (C=O) groups is 2. The Kier molecular flexibility index (Phi) is 8.39. The first-order chi connectivity index (χ1) is 17.0. The molecule has 7 heteroatoms. The van der Waals surface area contributed by atoms with E-state index in [-0.39, 0.29) is 23.8 Å². The van der Waals surface area contributed by atoms with Gasteiger partial charge in [0.15, 0.2) is 11.5 Å². The van der Waals surface area contributed by atoms with Gasteiger partial charge in [0.05, 0.1) is 18.6 Å². The van der Waals surface area contributed by atoms with Crippen molar-refractivity contribution in [1.29, 1.82) is 0 Å². The molecular weight excluding hydrogens is 460 g/mol. The molecule has 2 amide bonds. The summed E-state index contributed by atoms with van der Waals surface area (Å²) in [6.07, 6.45) is 5.22. The van der Waals surface area contributed by atoms with Gasteiger partial charge in [-0.1, -0.05) is 36.4 Å². The molecule has 2 aromatic rings. The second-order valence-corrected chi connectivity index (χ2v) is 10.3. The summed E-state index contributed by atoms with van der Waals surface area (Å²) in [7, 11) is 3.48. The van der Waals surface area contributed by atoms with Crippen LogP contribution in [0.15, 0.2) is 53.4 Å². The van der Waals surface area contributed by atoms with Crippen molar-refractivity contribution in [2.75, 3.05) is 27.3 Å². The average molecular weight is 495 g/mol. The Morgan fingerprint density at radius 1 is 1.17 bits per heavy atom. The number of hydrogen-bond acceptors (Lipinski definition) is 5. The van der Waals surface area contributed by atoms with E-state index in [1.807, 2.05) is 61.3 Å². The summed E-state index contributed by atoms with van der Waals surface area (Å²) >= 11 is 1.65. The van der Waals surface area contributed by atoms with E-state index in [1.165, 1.54) is 5.56 Å². The van der Waals surface area contributed by atoms with Gasteiger partial charge in [0.2, 0.25) is 5.91 Å². The van der Waals surface area contributed by atoms with Crippen molar-refractivity contribution in [3.63, 3.8) is 0 Å². The number of benzene rings is 2. The Balaban J connectivity index is 1.37. The number of likely N-dealkylation sites (N-methyl/N-ethyl adjacent to an activating group) is 1. The molecule has 0 spiro atoms. The quantitative estimate of drug-likeness (QED) is 0.546. The SMILES string of the molecule is CCOc1ccc(/C=C2/SC3CCC(C(=O)NCCc4ccccc4)CC3N(C)C2=O)cc1OC. The maximum absolute atomic E-state index is 13.2. The molecule has 3 atom stereocenters. The fourth-order valence-corrected chi connectivity index (χ4v) is 6.33. The Labute approximate surface area is 212 Å². The summed E-state index contributed by atoms with van der Waals surface area (Å²) in [6, 6.07) is 16.0. The molecule has 1 saturated heterocycles. The van der Waals surface area contributed by atoms with Gasteiger partial charge in [-0.2, -0.15) is 0 Å². The number of nitrogens with zero attached hydrogens (tertiary/aromatic N) is 1. The minimum atomic E-state index is -0.0521. The Hall–Kier alpha value is -2.93. The molecule has 1 aliphatic carbocycles. The third-order valence-electron chi connectivity index (χ3n) is 6.77. The molecule has 0 bridgehead atoms. The van der Waals surface area contributed by atoms with Gasteiger partial charge in [0.1, 0.15) is 0 Å². The first kappa shape index (κ1) is 25.2. The lowest BCUT2D eigenvalue weighted by Crippen LogP contribution is -2.52. The minimum Gasteiger partial charge on any atom is -0.493 e. The molecule has 4 rings (SSSR count). The number of thioether (sulfide) groups is 1. The van der Waals surface area contributed by atoms with Crippen LogP contribution in [0.5, 0.6) is 11.5 Å². The zero-order valence-corrected chi connectivity index (χ0v) is 21.5. The molecule has 186 valence electrons. The van der Waals surface area contributed by atoms with E-state index in [9.17, 15) is 9.59 Å². The predicted octanol–water partition coefficient (Wildman–Crippen LogP) is 4.54. The van der Waals surface area contributed by atoms with Crippen LogP contribution in [-0.4, -0.2) is 55.3 Å². The molecule has 2 aromatic carbocycles. The van der Waals surface area contributed by atoms with Crippen molar-refractivity contribution in [2.24, 2.45) is 5.92 Å².